The van der Waals surface area contributed by atoms with E-state index in [-0.39, 0.29) is 12.3 Å². The van der Waals surface area contributed by atoms with E-state index < -0.39 is 6.30 Å². The van der Waals surface area contributed by atoms with Gasteiger partial charge in [0.1, 0.15) is 0 Å². The highest BCUT2D eigenvalue weighted by Gasteiger charge is 2.23. The summed E-state index contributed by atoms with van der Waals surface area (Å²) in [5.41, 5.74) is 0. The molecule has 0 saturated carbocycles. The third kappa shape index (κ3) is 0.358. The Morgan fingerprint density at radius 2 is 2.50 bits per heavy atom. The van der Waals surface area contributed by atoms with Crippen molar-refractivity contribution in [3.63, 3.8) is 0 Å². The SMILES string of the molecule is O=C1CC(F)N1. The van der Waals surface area contributed by atoms with Gasteiger partial charge in [-0.2, -0.15) is 0 Å². The fraction of sp³-hybridized carbons (Fsp3) is 0.667. The van der Waals surface area contributed by atoms with Crippen LogP contribution >= 0.6 is 0 Å². The minimum Gasteiger partial charge on any atom is -0.326 e. The van der Waals surface area contributed by atoms with E-state index in [0.29, 0.717) is 0 Å². The predicted molar refractivity (Wildman–Crippen MR) is 17.7 cm³/mol. The van der Waals surface area contributed by atoms with Crippen molar-refractivity contribution in [3.8, 4) is 0 Å². The third-order valence-electron chi connectivity index (χ3n) is 0.682. The number of nitrogens with one attached hydrogen (secondary N) is 1. The summed E-state index contributed by atoms with van der Waals surface area (Å²) in [4.78, 5) is 9.76. The first-order chi connectivity index (χ1) is 2.79. The van der Waals surface area contributed by atoms with E-state index in [1.807, 2.05) is 5.32 Å². The monoisotopic (exact) mass is 89.0 g/mol. The maximum absolute atomic E-state index is 11.4. The Balaban J connectivity index is 2.28. The lowest BCUT2D eigenvalue weighted by Crippen LogP contribution is -2.45. The van der Waals surface area contributed by atoms with E-state index in [0.717, 1.165) is 0 Å². The van der Waals surface area contributed by atoms with Crippen LogP contribution in [0.5, 0.6) is 0 Å². The normalized spacial score (nSPS) is 31.5. The zero-order valence-corrected chi connectivity index (χ0v) is 3.07. The highest BCUT2D eigenvalue weighted by molar-refractivity contribution is 5.82. The highest BCUT2D eigenvalue weighted by Crippen LogP contribution is 2.02. The second-order valence-corrected chi connectivity index (χ2v) is 1.24. The zero-order valence-electron chi connectivity index (χ0n) is 3.07. The van der Waals surface area contributed by atoms with Crippen LogP contribution in [0.3, 0.4) is 0 Å². The first kappa shape index (κ1) is 3.59. The molecule has 1 rings (SSSR count). The molecule has 1 fully saturated rings. The van der Waals surface area contributed by atoms with Crippen LogP contribution in [0.1, 0.15) is 6.42 Å². The Kier molecular flexibility index (Phi) is 0.555. The number of β-lactam (4-membered cyclic amide) rings is 1. The number of hydrogen-bond acceptors (Lipinski definition) is 1. The topological polar surface area (TPSA) is 29.1 Å². The summed E-state index contributed by atoms with van der Waals surface area (Å²) >= 11 is 0. The van der Waals surface area contributed by atoms with Crippen LogP contribution in [0.2, 0.25) is 0 Å². The van der Waals surface area contributed by atoms with Crippen molar-refractivity contribution in [1.82, 2.24) is 5.32 Å². The minimum atomic E-state index is -1.06. The molecular formula is C3H4FNO. The van der Waals surface area contributed by atoms with Gasteiger partial charge >= 0.3 is 0 Å². The number of halogens is 1. The lowest BCUT2D eigenvalue weighted by Gasteiger charge is -2.17. The second-order valence-electron chi connectivity index (χ2n) is 1.24. The molecule has 1 atom stereocenters. The van der Waals surface area contributed by atoms with Crippen molar-refractivity contribution in [2.45, 2.75) is 12.7 Å². The minimum absolute atomic E-state index is 0.0556. The molecule has 1 unspecified atom stereocenters. The summed E-state index contributed by atoms with van der Waals surface area (Å²) in [5, 5.41) is 2.00. The van der Waals surface area contributed by atoms with Gasteiger partial charge in [0.2, 0.25) is 5.91 Å². The van der Waals surface area contributed by atoms with E-state index in [4.69, 9.17) is 0 Å². The van der Waals surface area contributed by atoms with Crippen LogP contribution in [0, 0.1) is 0 Å². The maximum Gasteiger partial charge on any atom is 0.227 e. The second kappa shape index (κ2) is 0.929. The fourth-order valence-corrected chi connectivity index (χ4v) is 0.316. The molecule has 0 aromatic carbocycles. The van der Waals surface area contributed by atoms with Crippen molar-refractivity contribution in [2.75, 3.05) is 0 Å². The Bertz CT molecular complexity index is 74.9. The molecule has 1 saturated heterocycles. The summed E-state index contributed by atoms with van der Waals surface area (Å²) in [6, 6.07) is 0. The number of rotatable bonds is 0. The third-order valence-corrected chi connectivity index (χ3v) is 0.682. The van der Waals surface area contributed by atoms with Gasteiger partial charge in [-0.15, -0.1) is 0 Å². The Hall–Kier alpha value is -0.600. The molecule has 0 spiro atoms. The molecule has 0 bridgehead atoms. The van der Waals surface area contributed by atoms with Crippen LogP contribution in [0.25, 0.3) is 0 Å². The van der Waals surface area contributed by atoms with E-state index in [1.54, 1.807) is 0 Å². The summed E-state index contributed by atoms with van der Waals surface area (Å²) in [6.45, 7) is 0. The Morgan fingerprint density at radius 1 is 2.00 bits per heavy atom. The van der Waals surface area contributed by atoms with E-state index in [2.05, 4.69) is 0 Å². The zero-order chi connectivity index (χ0) is 4.57. The molecule has 1 N–H and O–H groups in total. The van der Waals surface area contributed by atoms with Crippen LogP contribution in [-0.4, -0.2) is 12.2 Å². The van der Waals surface area contributed by atoms with Crippen molar-refractivity contribution in [3.05, 3.63) is 0 Å². The summed E-state index contributed by atoms with van der Waals surface area (Å²) in [5.74, 6) is -0.192. The average Bonchev–Trinajstić information content (AvgIpc) is 1.33. The largest absolute Gasteiger partial charge is 0.326 e. The lowest BCUT2D eigenvalue weighted by atomic mass is 10.2. The molecule has 34 valence electrons. The van der Waals surface area contributed by atoms with E-state index in [1.165, 1.54) is 0 Å². The number of carbonyl (C=O) groups is 1. The van der Waals surface area contributed by atoms with Crippen LogP contribution < -0.4 is 5.32 Å². The van der Waals surface area contributed by atoms with Crippen molar-refractivity contribution < 1.29 is 9.18 Å². The molecule has 0 aliphatic carbocycles. The first-order valence-corrected chi connectivity index (χ1v) is 1.72. The molecular weight excluding hydrogens is 85.0 g/mol. The van der Waals surface area contributed by atoms with Gasteiger partial charge in [0, 0.05) is 0 Å². The molecule has 1 aliphatic rings. The van der Waals surface area contributed by atoms with Gasteiger partial charge in [-0.3, -0.25) is 4.79 Å². The van der Waals surface area contributed by atoms with Gasteiger partial charge < -0.3 is 5.32 Å². The van der Waals surface area contributed by atoms with Gasteiger partial charge in [-0.05, 0) is 0 Å². The molecule has 3 heteroatoms. The molecule has 0 aromatic heterocycles. The van der Waals surface area contributed by atoms with Gasteiger partial charge in [0.25, 0.3) is 0 Å². The predicted octanol–water partition coefficient (Wildman–Crippen LogP) is -0.198. The number of amides is 1. The Labute approximate surface area is 34.3 Å². The van der Waals surface area contributed by atoms with Crippen molar-refractivity contribution >= 4 is 5.91 Å². The number of carbonyl (C=O) groups excluding carboxylic acids is 1. The molecule has 1 aliphatic heterocycles. The van der Waals surface area contributed by atoms with Gasteiger partial charge in [-0.1, -0.05) is 0 Å². The molecule has 0 radical (unpaired) electrons. The summed E-state index contributed by atoms with van der Waals surface area (Å²) in [6.07, 6.45) is -1.00. The first-order valence-electron chi connectivity index (χ1n) is 1.72. The number of hydrogen-bond donors (Lipinski definition) is 1. The van der Waals surface area contributed by atoms with Crippen LogP contribution in [0.4, 0.5) is 4.39 Å². The summed E-state index contributed by atoms with van der Waals surface area (Å²) < 4.78 is 11.4. The fourth-order valence-electron chi connectivity index (χ4n) is 0.316. The molecule has 1 heterocycles. The van der Waals surface area contributed by atoms with Crippen LogP contribution in [0.15, 0.2) is 0 Å². The smallest absolute Gasteiger partial charge is 0.227 e. The van der Waals surface area contributed by atoms with Gasteiger partial charge in [0.05, 0.1) is 6.42 Å². The van der Waals surface area contributed by atoms with E-state index in [9.17, 15) is 9.18 Å². The number of alkyl halides is 1. The molecule has 1 amide bonds. The molecule has 6 heavy (non-hydrogen) atoms. The summed E-state index contributed by atoms with van der Waals surface area (Å²) in [7, 11) is 0. The van der Waals surface area contributed by atoms with Gasteiger partial charge in [0.15, 0.2) is 6.30 Å². The maximum atomic E-state index is 11.4. The lowest BCUT2D eigenvalue weighted by molar-refractivity contribution is -0.131. The quantitative estimate of drug-likeness (QED) is 0.323. The average molecular weight is 89.1 g/mol. The molecule has 2 nitrogen and oxygen atoms in total. The van der Waals surface area contributed by atoms with Crippen molar-refractivity contribution in [2.24, 2.45) is 0 Å². The highest BCUT2D eigenvalue weighted by atomic mass is 19.1. The van der Waals surface area contributed by atoms with Gasteiger partial charge in [-0.25, -0.2) is 4.39 Å². The van der Waals surface area contributed by atoms with Crippen molar-refractivity contribution in [1.29, 1.82) is 0 Å². The molecule has 0 aromatic rings. The Morgan fingerprint density at radius 3 is 2.50 bits per heavy atom. The van der Waals surface area contributed by atoms with E-state index >= 15 is 0 Å². The standard InChI is InChI=1S/C3H4FNO/c4-2-1-3(6)5-2/h2H,1H2,(H,5,6). The van der Waals surface area contributed by atoms with Crippen LogP contribution in [-0.2, 0) is 4.79 Å².